The average molecular weight is 284 g/mol. The lowest BCUT2D eigenvalue weighted by molar-refractivity contribution is 0.265. The van der Waals surface area contributed by atoms with Crippen LogP contribution in [0.25, 0.3) is 0 Å². The second-order valence-corrected chi connectivity index (χ2v) is 5.72. The van der Waals surface area contributed by atoms with Crippen molar-refractivity contribution in [2.45, 2.75) is 17.9 Å². The Morgan fingerprint density at radius 2 is 1.88 bits per heavy atom. The van der Waals surface area contributed by atoms with Gasteiger partial charge in [-0.1, -0.05) is 29.3 Å². The Balaban J connectivity index is 3.17. The molecule has 16 heavy (non-hydrogen) atoms. The molecule has 0 heterocycles. The molecule has 7 heteroatoms. The van der Waals surface area contributed by atoms with Crippen LogP contribution >= 0.6 is 23.2 Å². The second kappa shape index (κ2) is 5.33. The van der Waals surface area contributed by atoms with Gasteiger partial charge in [0.15, 0.2) is 0 Å². The van der Waals surface area contributed by atoms with E-state index < -0.39 is 16.1 Å². The molecule has 0 aliphatic rings. The van der Waals surface area contributed by atoms with Crippen LogP contribution in [0.4, 0.5) is 0 Å². The number of halogens is 2. The first-order valence-electron chi connectivity index (χ1n) is 4.45. The van der Waals surface area contributed by atoms with Crippen LogP contribution in [0, 0.1) is 0 Å². The molecule has 1 aromatic rings. The van der Waals surface area contributed by atoms with Gasteiger partial charge in [-0.3, -0.25) is 0 Å². The third-order valence-electron chi connectivity index (χ3n) is 1.82. The smallest absolute Gasteiger partial charge is 0.243 e. The fraction of sp³-hybridized carbons (Fsp3) is 0.333. The third kappa shape index (κ3) is 3.09. The number of hydrogen-bond donors (Lipinski definition) is 2. The number of aliphatic hydroxyl groups is 1. The highest BCUT2D eigenvalue weighted by Crippen LogP contribution is 2.28. The average Bonchev–Trinajstić information content (AvgIpc) is 2.16. The zero-order valence-corrected chi connectivity index (χ0v) is 10.8. The monoisotopic (exact) mass is 283 g/mol. The molecule has 0 aliphatic carbocycles. The van der Waals surface area contributed by atoms with Gasteiger partial charge in [0.1, 0.15) is 4.90 Å². The molecule has 1 aromatic carbocycles. The molecule has 0 aromatic heterocycles. The van der Waals surface area contributed by atoms with Crippen molar-refractivity contribution in [1.29, 1.82) is 0 Å². The van der Waals surface area contributed by atoms with Gasteiger partial charge in [-0.05, 0) is 19.1 Å². The third-order valence-corrected chi connectivity index (χ3v) is 4.36. The summed E-state index contributed by atoms with van der Waals surface area (Å²) in [6.07, 6.45) is 0. The van der Waals surface area contributed by atoms with Crippen LogP contribution in [-0.4, -0.2) is 26.2 Å². The van der Waals surface area contributed by atoms with Crippen LogP contribution < -0.4 is 4.72 Å². The van der Waals surface area contributed by atoms with Gasteiger partial charge in [0, 0.05) is 6.04 Å². The molecule has 1 atom stereocenters. The maximum absolute atomic E-state index is 11.9. The van der Waals surface area contributed by atoms with Gasteiger partial charge >= 0.3 is 0 Å². The Labute approximate surface area is 104 Å². The number of nitrogens with one attached hydrogen (secondary N) is 1. The van der Waals surface area contributed by atoms with Crippen molar-refractivity contribution in [3.63, 3.8) is 0 Å². The SMILES string of the molecule is CC(CO)NS(=O)(=O)c1c(Cl)cccc1Cl. The molecule has 0 spiro atoms. The molecule has 1 unspecified atom stereocenters. The summed E-state index contributed by atoms with van der Waals surface area (Å²) in [5.74, 6) is 0. The van der Waals surface area contributed by atoms with Crippen molar-refractivity contribution in [3.8, 4) is 0 Å². The number of rotatable bonds is 4. The van der Waals surface area contributed by atoms with Crippen LogP contribution in [0.5, 0.6) is 0 Å². The van der Waals surface area contributed by atoms with E-state index in [1.165, 1.54) is 19.1 Å². The molecule has 0 aliphatic heterocycles. The Morgan fingerprint density at radius 1 is 1.38 bits per heavy atom. The molecule has 1 rings (SSSR count). The Morgan fingerprint density at radius 3 is 2.31 bits per heavy atom. The maximum atomic E-state index is 11.9. The first kappa shape index (κ1) is 13.7. The van der Waals surface area contributed by atoms with Crippen LogP contribution in [0.15, 0.2) is 23.1 Å². The van der Waals surface area contributed by atoms with Crippen LogP contribution in [0.1, 0.15) is 6.92 Å². The Hall–Kier alpha value is -0.330. The van der Waals surface area contributed by atoms with Crippen molar-refractivity contribution in [3.05, 3.63) is 28.2 Å². The van der Waals surface area contributed by atoms with Gasteiger partial charge in [-0.15, -0.1) is 0 Å². The first-order valence-corrected chi connectivity index (χ1v) is 6.69. The van der Waals surface area contributed by atoms with Gasteiger partial charge < -0.3 is 5.11 Å². The highest BCUT2D eigenvalue weighted by Gasteiger charge is 2.22. The van der Waals surface area contributed by atoms with E-state index in [0.717, 1.165) is 0 Å². The number of hydrogen-bond acceptors (Lipinski definition) is 3. The van der Waals surface area contributed by atoms with E-state index in [1.54, 1.807) is 6.07 Å². The summed E-state index contributed by atoms with van der Waals surface area (Å²) in [5.41, 5.74) is 0. The lowest BCUT2D eigenvalue weighted by atomic mass is 10.4. The molecule has 90 valence electrons. The van der Waals surface area contributed by atoms with Crippen molar-refractivity contribution >= 4 is 33.2 Å². The molecule has 0 radical (unpaired) electrons. The van der Waals surface area contributed by atoms with Gasteiger partial charge in [0.05, 0.1) is 16.7 Å². The fourth-order valence-electron chi connectivity index (χ4n) is 1.10. The van der Waals surface area contributed by atoms with Crippen LogP contribution in [-0.2, 0) is 10.0 Å². The maximum Gasteiger partial charge on any atom is 0.243 e. The van der Waals surface area contributed by atoms with E-state index >= 15 is 0 Å². The normalized spacial score (nSPS) is 13.8. The summed E-state index contributed by atoms with van der Waals surface area (Å²) >= 11 is 11.5. The van der Waals surface area contributed by atoms with E-state index in [0.29, 0.717) is 0 Å². The lowest BCUT2D eigenvalue weighted by Crippen LogP contribution is -2.35. The van der Waals surface area contributed by atoms with Crippen molar-refractivity contribution in [2.24, 2.45) is 0 Å². The molecule has 2 N–H and O–H groups in total. The largest absolute Gasteiger partial charge is 0.395 e. The summed E-state index contributed by atoms with van der Waals surface area (Å²) in [6.45, 7) is 1.23. The molecule has 0 saturated carbocycles. The number of aliphatic hydroxyl groups excluding tert-OH is 1. The van der Waals surface area contributed by atoms with Crippen LogP contribution in [0.2, 0.25) is 10.0 Å². The predicted octanol–water partition coefficient (Wildman–Crippen LogP) is 1.65. The Bertz CT molecular complexity index is 455. The van der Waals surface area contributed by atoms with E-state index in [4.69, 9.17) is 28.3 Å². The molecule has 0 bridgehead atoms. The van der Waals surface area contributed by atoms with Gasteiger partial charge in [-0.25, -0.2) is 13.1 Å². The van der Waals surface area contributed by atoms with Crippen LogP contribution in [0.3, 0.4) is 0 Å². The minimum atomic E-state index is -3.81. The molecule has 0 saturated heterocycles. The predicted molar refractivity (Wildman–Crippen MR) is 63.3 cm³/mol. The molecule has 0 amide bonds. The minimum Gasteiger partial charge on any atom is -0.395 e. The highest BCUT2D eigenvalue weighted by atomic mass is 35.5. The first-order chi connectivity index (χ1) is 7.38. The topological polar surface area (TPSA) is 66.4 Å². The molecular weight excluding hydrogens is 273 g/mol. The molecular formula is C9H11Cl2NO3S. The zero-order chi connectivity index (χ0) is 12.3. The quantitative estimate of drug-likeness (QED) is 0.883. The van der Waals surface area contributed by atoms with Crippen molar-refractivity contribution < 1.29 is 13.5 Å². The second-order valence-electron chi connectivity index (χ2n) is 3.26. The van der Waals surface area contributed by atoms with E-state index in [2.05, 4.69) is 4.72 Å². The van der Waals surface area contributed by atoms with E-state index in [-0.39, 0.29) is 21.5 Å². The van der Waals surface area contributed by atoms with Crippen molar-refractivity contribution in [2.75, 3.05) is 6.61 Å². The summed E-state index contributed by atoms with van der Waals surface area (Å²) in [5, 5.41) is 8.88. The van der Waals surface area contributed by atoms with Crippen molar-refractivity contribution in [1.82, 2.24) is 4.72 Å². The highest BCUT2D eigenvalue weighted by molar-refractivity contribution is 7.89. The van der Waals surface area contributed by atoms with E-state index in [1.807, 2.05) is 0 Å². The van der Waals surface area contributed by atoms with Gasteiger partial charge in [0.25, 0.3) is 0 Å². The lowest BCUT2D eigenvalue weighted by Gasteiger charge is -2.13. The Kier molecular flexibility index (Phi) is 4.58. The van der Waals surface area contributed by atoms with Gasteiger partial charge in [0.2, 0.25) is 10.0 Å². The fourth-order valence-corrected chi connectivity index (χ4v) is 3.48. The van der Waals surface area contributed by atoms with Gasteiger partial charge in [-0.2, -0.15) is 0 Å². The summed E-state index contributed by atoms with van der Waals surface area (Å²) < 4.78 is 26.0. The summed E-state index contributed by atoms with van der Waals surface area (Å²) in [7, 11) is -3.81. The minimum absolute atomic E-state index is 0.0464. The summed E-state index contributed by atoms with van der Waals surface area (Å²) in [4.78, 5) is -0.168. The number of sulfonamides is 1. The zero-order valence-electron chi connectivity index (χ0n) is 8.44. The molecule has 4 nitrogen and oxygen atoms in total. The molecule has 0 fully saturated rings. The van der Waals surface area contributed by atoms with E-state index in [9.17, 15) is 8.42 Å². The summed E-state index contributed by atoms with van der Waals surface area (Å²) in [6, 6.07) is 3.83. The number of benzene rings is 1. The standard InChI is InChI=1S/C9H11Cl2NO3S/c1-6(5-13)12-16(14,15)9-7(10)3-2-4-8(9)11/h2-4,6,12-13H,5H2,1H3.